The van der Waals surface area contributed by atoms with Gasteiger partial charge in [0.25, 0.3) is 0 Å². The normalized spacial score (nSPS) is 19.2. The summed E-state index contributed by atoms with van der Waals surface area (Å²) in [5, 5.41) is -1.44. The van der Waals surface area contributed by atoms with Gasteiger partial charge in [-0.2, -0.15) is 0 Å². The number of amides is 1. The Morgan fingerprint density at radius 2 is 1.29 bits per heavy atom. The van der Waals surface area contributed by atoms with Gasteiger partial charge >= 0.3 is 29.8 Å². The molecule has 0 fully saturated rings. The summed E-state index contributed by atoms with van der Waals surface area (Å²) in [4.78, 5) is 74.0. The highest BCUT2D eigenvalue weighted by Crippen LogP contribution is 2.39. The fourth-order valence-corrected chi connectivity index (χ4v) is 5.71. The van der Waals surface area contributed by atoms with E-state index in [1.54, 1.807) is 12.1 Å². The van der Waals surface area contributed by atoms with Crippen molar-refractivity contribution in [2.24, 2.45) is 0 Å². The number of hydrogen-bond donors (Lipinski definition) is 0. The van der Waals surface area contributed by atoms with Crippen molar-refractivity contribution >= 4 is 52.2 Å². The van der Waals surface area contributed by atoms with E-state index in [0.717, 1.165) is 39.5 Å². The summed E-state index contributed by atoms with van der Waals surface area (Å²) in [5.41, 5.74) is 0.266. The monoisotopic (exact) mass is 555 g/mol. The third-order valence-electron chi connectivity index (χ3n) is 5.12. The first-order chi connectivity index (χ1) is 17.7. The van der Waals surface area contributed by atoms with Crippen LogP contribution in [0.25, 0.3) is 0 Å². The van der Waals surface area contributed by atoms with E-state index in [-0.39, 0.29) is 10.6 Å². The second-order valence-corrected chi connectivity index (χ2v) is 9.73. The molecule has 2 rings (SSSR count). The lowest BCUT2D eigenvalue weighted by Crippen LogP contribution is -2.60. The van der Waals surface area contributed by atoms with Crippen LogP contribution in [0, 0.1) is 0 Å². The number of carbonyl (C=O) groups excluding carboxylic acids is 6. The Kier molecular flexibility index (Phi) is 10.5. The molecule has 1 aliphatic rings. The van der Waals surface area contributed by atoms with Crippen LogP contribution in [0.2, 0.25) is 0 Å². The zero-order valence-electron chi connectivity index (χ0n) is 21.7. The fraction of sp³-hybridized carbons (Fsp3) is 0.500. The minimum absolute atomic E-state index is 0.243. The molecule has 6 unspecified atom stereocenters. The number of anilines is 1. The highest BCUT2D eigenvalue weighted by molar-refractivity contribution is 7.86. The smallest absolute Gasteiger partial charge is 0.303 e. The quantitative estimate of drug-likeness (QED) is 0.294. The lowest BCUT2D eigenvalue weighted by atomic mass is 10.0. The molecule has 13 nitrogen and oxygen atoms in total. The van der Waals surface area contributed by atoms with E-state index in [4.69, 9.17) is 23.7 Å². The molecular formula is C24H29NO12S. The van der Waals surface area contributed by atoms with E-state index < -0.39 is 82.9 Å². The van der Waals surface area contributed by atoms with E-state index in [2.05, 4.69) is 0 Å². The van der Waals surface area contributed by atoms with Gasteiger partial charge in [-0.15, -0.1) is 0 Å². The number of esters is 5. The van der Waals surface area contributed by atoms with Gasteiger partial charge in [-0.1, -0.05) is 12.1 Å². The first-order valence-corrected chi connectivity index (χ1v) is 12.6. The summed E-state index contributed by atoms with van der Waals surface area (Å²) in [6.45, 7) is 5.74. The van der Waals surface area contributed by atoms with Crippen molar-refractivity contribution in [3.8, 4) is 0 Å². The van der Waals surface area contributed by atoms with Crippen LogP contribution in [0.5, 0.6) is 0 Å². The molecule has 0 saturated carbocycles. The number of rotatable bonds is 10. The minimum Gasteiger partial charge on any atom is -0.462 e. The van der Waals surface area contributed by atoms with Gasteiger partial charge in [0.2, 0.25) is 5.91 Å². The van der Waals surface area contributed by atoms with Crippen molar-refractivity contribution in [3.05, 3.63) is 24.3 Å². The van der Waals surface area contributed by atoms with Crippen molar-refractivity contribution < 1.29 is 56.7 Å². The maximum Gasteiger partial charge on any atom is 0.303 e. The summed E-state index contributed by atoms with van der Waals surface area (Å²) >= 11 is 0. The zero-order valence-corrected chi connectivity index (χ0v) is 22.5. The van der Waals surface area contributed by atoms with Crippen molar-refractivity contribution in [2.45, 2.75) is 76.2 Å². The number of carbonyl (C=O) groups is 6. The molecule has 38 heavy (non-hydrogen) atoms. The van der Waals surface area contributed by atoms with Gasteiger partial charge < -0.3 is 23.7 Å². The van der Waals surface area contributed by atoms with E-state index >= 15 is 0 Å². The molecule has 0 aliphatic carbocycles. The molecule has 1 amide bonds. The standard InChI is InChI=1S/C24H29NO12S/c1-12(26)25-18-9-7-8-10-20(18)38(32)24(25)23(37-17(6)31)22(36-16(5)30)21(35-15(4)29)19(34-14(3)28)11-33-13(2)27/h7-10,19,21-24H,11H2,1-6H3. The summed E-state index contributed by atoms with van der Waals surface area (Å²) < 4.78 is 40.1. The number of fused-ring (bicyclic) bond motifs is 1. The van der Waals surface area contributed by atoms with E-state index in [1.807, 2.05) is 0 Å². The van der Waals surface area contributed by atoms with Gasteiger partial charge in [0.1, 0.15) is 6.61 Å². The lowest BCUT2D eigenvalue weighted by Gasteiger charge is -2.38. The molecule has 0 aromatic heterocycles. The van der Waals surface area contributed by atoms with Gasteiger partial charge in [-0.25, -0.2) is 0 Å². The van der Waals surface area contributed by atoms with Crippen molar-refractivity contribution in [2.75, 3.05) is 11.5 Å². The Labute approximate surface area is 221 Å². The Balaban J connectivity index is 2.74. The Bertz CT molecular complexity index is 1140. The highest BCUT2D eigenvalue weighted by atomic mass is 32.2. The molecule has 0 saturated heterocycles. The molecule has 208 valence electrons. The third-order valence-corrected chi connectivity index (χ3v) is 6.82. The predicted octanol–water partition coefficient (Wildman–Crippen LogP) is 0.777. The van der Waals surface area contributed by atoms with Crippen LogP contribution in [0.4, 0.5) is 5.69 Å². The molecule has 1 aromatic carbocycles. The number of benzene rings is 1. The van der Waals surface area contributed by atoms with Crippen LogP contribution >= 0.6 is 0 Å². The molecule has 0 N–H and O–H groups in total. The van der Waals surface area contributed by atoms with Gasteiger partial charge in [0, 0.05) is 41.5 Å². The second kappa shape index (κ2) is 13.1. The van der Waals surface area contributed by atoms with Crippen LogP contribution in [0.3, 0.4) is 0 Å². The second-order valence-electron chi connectivity index (χ2n) is 8.22. The van der Waals surface area contributed by atoms with Crippen molar-refractivity contribution in [3.63, 3.8) is 0 Å². The molecule has 1 heterocycles. The number of nitrogens with zero attached hydrogens (tertiary/aromatic N) is 1. The maximum absolute atomic E-state index is 13.7. The number of hydrogen-bond acceptors (Lipinski definition) is 12. The Morgan fingerprint density at radius 3 is 1.79 bits per heavy atom. The molecular weight excluding hydrogens is 526 g/mol. The highest BCUT2D eigenvalue weighted by Gasteiger charge is 2.53. The van der Waals surface area contributed by atoms with Gasteiger partial charge in [0.15, 0.2) is 29.8 Å². The molecule has 1 aromatic rings. The topological polar surface area (TPSA) is 169 Å². The average molecular weight is 556 g/mol. The maximum atomic E-state index is 13.7. The van der Waals surface area contributed by atoms with Gasteiger partial charge in [-0.05, 0) is 12.1 Å². The fourth-order valence-electron chi connectivity index (χ4n) is 3.95. The predicted molar refractivity (Wildman–Crippen MR) is 129 cm³/mol. The first-order valence-electron chi connectivity index (χ1n) is 11.4. The number of ether oxygens (including phenoxy) is 5. The summed E-state index contributed by atoms with van der Waals surface area (Å²) in [5.74, 6) is -4.98. The Hall–Kier alpha value is -3.81. The molecule has 0 spiro atoms. The number of para-hydroxylation sites is 1. The first kappa shape index (κ1) is 30.4. The van der Waals surface area contributed by atoms with E-state index in [1.165, 1.54) is 19.1 Å². The van der Waals surface area contributed by atoms with Crippen molar-refractivity contribution in [1.29, 1.82) is 0 Å². The largest absolute Gasteiger partial charge is 0.462 e. The van der Waals surface area contributed by atoms with Crippen LogP contribution in [-0.2, 0) is 63.3 Å². The SMILES string of the molecule is CC(=O)OCC(OC(C)=O)C(OC(C)=O)C(OC(C)=O)C(OC(C)=O)C1N(C(C)=O)c2ccccc2S1=O. The molecule has 6 atom stereocenters. The van der Waals surface area contributed by atoms with E-state index in [0.29, 0.717) is 0 Å². The van der Waals surface area contributed by atoms with Crippen LogP contribution < -0.4 is 4.90 Å². The van der Waals surface area contributed by atoms with Crippen LogP contribution in [0.1, 0.15) is 41.5 Å². The lowest BCUT2D eigenvalue weighted by molar-refractivity contribution is -0.202. The summed E-state index contributed by atoms with van der Waals surface area (Å²) in [6, 6.07) is 6.25. The summed E-state index contributed by atoms with van der Waals surface area (Å²) in [6.07, 6.45) is -6.75. The van der Waals surface area contributed by atoms with Gasteiger partial charge in [0.05, 0.1) is 21.4 Å². The zero-order chi connectivity index (χ0) is 28.7. The minimum atomic E-state index is -2.03. The van der Waals surface area contributed by atoms with Crippen LogP contribution in [0.15, 0.2) is 29.2 Å². The molecule has 1 aliphatic heterocycles. The van der Waals surface area contributed by atoms with Crippen molar-refractivity contribution in [1.82, 2.24) is 0 Å². The molecule has 0 radical (unpaired) electrons. The molecule has 14 heteroatoms. The van der Waals surface area contributed by atoms with E-state index in [9.17, 15) is 33.0 Å². The Morgan fingerprint density at radius 1 is 0.763 bits per heavy atom. The third kappa shape index (κ3) is 7.60. The average Bonchev–Trinajstić information content (AvgIpc) is 3.09. The summed E-state index contributed by atoms with van der Waals surface area (Å²) in [7, 11) is -2.03. The molecule has 0 bridgehead atoms. The van der Waals surface area contributed by atoms with Crippen LogP contribution in [-0.4, -0.2) is 76.4 Å². The van der Waals surface area contributed by atoms with Gasteiger partial charge in [-0.3, -0.25) is 37.9 Å².